The Bertz CT molecular complexity index is 691. The SMILES string of the molecule is CCCCc1nc(Cl)c(CN2CCN(CCC)[C@@H]3CS(=O)(=O)C[C@@H]32)[nH]1. The largest absolute Gasteiger partial charge is 0.344 e. The fourth-order valence-electron chi connectivity index (χ4n) is 4.07. The zero-order valence-corrected chi connectivity index (χ0v) is 16.7. The second-order valence-corrected chi connectivity index (χ2v) is 9.79. The third-order valence-electron chi connectivity index (χ3n) is 5.32. The van der Waals surface area contributed by atoms with Crippen LogP contribution in [0.15, 0.2) is 0 Å². The van der Waals surface area contributed by atoms with Crippen molar-refractivity contribution in [1.82, 2.24) is 19.8 Å². The van der Waals surface area contributed by atoms with Crippen molar-refractivity contribution in [3.8, 4) is 0 Å². The van der Waals surface area contributed by atoms with E-state index in [-0.39, 0.29) is 23.6 Å². The lowest BCUT2D eigenvalue weighted by atomic mass is 10.0. The van der Waals surface area contributed by atoms with E-state index >= 15 is 0 Å². The molecule has 2 saturated heterocycles. The second kappa shape index (κ2) is 7.94. The summed E-state index contributed by atoms with van der Waals surface area (Å²) in [6.07, 6.45) is 4.16. The summed E-state index contributed by atoms with van der Waals surface area (Å²) < 4.78 is 24.5. The third kappa shape index (κ3) is 4.38. The maximum Gasteiger partial charge on any atom is 0.153 e. The van der Waals surface area contributed by atoms with Gasteiger partial charge in [-0.2, -0.15) is 0 Å². The van der Waals surface area contributed by atoms with Crippen LogP contribution in [0.4, 0.5) is 0 Å². The molecule has 25 heavy (non-hydrogen) atoms. The average molecular weight is 389 g/mol. The quantitative estimate of drug-likeness (QED) is 0.774. The van der Waals surface area contributed by atoms with Gasteiger partial charge in [0.2, 0.25) is 0 Å². The topological polar surface area (TPSA) is 69.3 Å². The van der Waals surface area contributed by atoms with Gasteiger partial charge in [-0.05, 0) is 19.4 Å². The summed E-state index contributed by atoms with van der Waals surface area (Å²) in [5.74, 6) is 1.47. The number of aryl methyl sites for hydroxylation is 1. The molecule has 142 valence electrons. The highest BCUT2D eigenvalue weighted by molar-refractivity contribution is 7.91. The van der Waals surface area contributed by atoms with Crippen LogP contribution in [0.25, 0.3) is 0 Å². The highest BCUT2D eigenvalue weighted by Crippen LogP contribution is 2.29. The molecule has 0 saturated carbocycles. The van der Waals surface area contributed by atoms with Gasteiger partial charge in [-0.15, -0.1) is 0 Å². The Morgan fingerprint density at radius 3 is 2.52 bits per heavy atom. The molecule has 0 unspecified atom stereocenters. The van der Waals surface area contributed by atoms with E-state index in [0.29, 0.717) is 11.7 Å². The smallest absolute Gasteiger partial charge is 0.153 e. The maximum atomic E-state index is 12.2. The Morgan fingerprint density at radius 2 is 1.84 bits per heavy atom. The van der Waals surface area contributed by atoms with Crippen molar-refractivity contribution in [3.05, 3.63) is 16.7 Å². The minimum Gasteiger partial charge on any atom is -0.344 e. The van der Waals surface area contributed by atoms with Crippen LogP contribution < -0.4 is 0 Å². The van der Waals surface area contributed by atoms with Crippen LogP contribution in [-0.2, 0) is 22.8 Å². The summed E-state index contributed by atoms with van der Waals surface area (Å²) in [6, 6.07) is 0.170. The highest BCUT2D eigenvalue weighted by atomic mass is 35.5. The molecule has 0 aromatic carbocycles. The Hall–Kier alpha value is -0.630. The van der Waals surface area contributed by atoms with Crippen molar-refractivity contribution in [2.45, 2.75) is 58.2 Å². The molecule has 1 aromatic rings. The van der Waals surface area contributed by atoms with Crippen LogP contribution in [-0.4, -0.2) is 71.4 Å². The Labute approximate surface area is 155 Å². The molecule has 3 heterocycles. The summed E-state index contributed by atoms with van der Waals surface area (Å²) in [5, 5.41) is 0.527. The highest BCUT2D eigenvalue weighted by Gasteiger charge is 2.46. The molecule has 2 fully saturated rings. The van der Waals surface area contributed by atoms with Crippen LogP contribution in [0.5, 0.6) is 0 Å². The number of nitrogens with zero attached hydrogens (tertiary/aromatic N) is 3. The fourth-order valence-corrected chi connectivity index (χ4v) is 6.32. The predicted octanol–water partition coefficient (Wildman–Crippen LogP) is 2.10. The number of H-pyrrole nitrogens is 1. The summed E-state index contributed by atoms with van der Waals surface area (Å²) in [6.45, 7) is 7.70. The minimum absolute atomic E-state index is 0.0590. The van der Waals surface area contributed by atoms with E-state index in [2.05, 4.69) is 33.6 Å². The first-order chi connectivity index (χ1) is 11.9. The lowest BCUT2D eigenvalue weighted by Crippen LogP contribution is -2.58. The maximum absolute atomic E-state index is 12.2. The number of imidazole rings is 1. The van der Waals surface area contributed by atoms with Crippen LogP contribution in [0, 0.1) is 0 Å². The van der Waals surface area contributed by atoms with E-state index in [9.17, 15) is 8.42 Å². The summed E-state index contributed by atoms with van der Waals surface area (Å²) in [7, 11) is -2.96. The van der Waals surface area contributed by atoms with E-state index in [1.165, 1.54) is 0 Å². The molecule has 0 bridgehead atoms. The molecule has 2 atom stereocenters. The van der Waals surface area contributed by atoms with Crippen molar-refractivity contribution < 1.29 is 8.42 Å². The second-order valence-electron chi connectivity index (χ2n) is 7.27. The first-order valence-electron chi connectivity index (χ1n) is 9.35. The van der Waals surface area contributed by atoms with Crippen LogP contribution in [0.3, 0.4) is 0 Å². The number of rotatable bonds is 7. The molecule has 6 nitrogen and oxygen atoms in total. The van der Waals surface area contributed by atoms with Gasteiger partial charge < -0.3 is 4.98 Å². The number of fused-ring (bicyclic) bond motifs is 1. The predicted molar refractivity (Wildman–Crippen MR) is 101 cm³/mol. The number of hydrogen-bond acceptors (Lipinski definition) is 5. The molecule has 3 rings (SSSR count). The molecule has 0 amide bonds. The average Bonchev–Trinajstić information content (AvgIpc) is 3.07. The molecule has 0 aliphatic carbocycles. The normalized spacial score (nSPS) is 26.8. The molecule has 1 aromatic heterocycles. The zero-order chi connectivity index (χ0) is 18.0. The van der Waals surface area contributed by atoms with Gasteiger partial charge in [-0.3, -0.25) is 9.80 Å². The molecule has 0 radical (unpaired) electrons. The number of unbranched alkanes of at least 4 members (excludes halogenated alkanes) is 1. The van der Waals surface area contributed by atoms with Crippen molar-refractivity contribution in [1.29, 1.82) is 0 Å². The van der Waals surface area contributed by atoms with E-state index in [1.807, 2.05) is 0 Å². The van der Waals surface area contributed by atoms with Crippen molar-refractivity contribution >= 4 is 21.4 Å². The van der Waals surface area contributed by atoms with E-state index < -0.39 is 9.84 Å². The van der Waals surface area contributed by atoms with Crippen molar-refractivity contribution in [2.75, 3.05) is 31.1 Å². The summed E-state index contributed by atoms with van der Waals surface area (Å²) >= 11 is 6.32. The zero-order valence-electron chi connectivity index (χ0n) is 15.2. The number of nitrogens with one attached hydrogen (secondary N) is 1. The van der Waals surface area contributed by atoms with Crippen LogP contribution in [0.1, 0.15) is 44.6 Å². The molecular formula is C17H29ClN4O2S. The first kappa shape index (κ1) is 19.1. The third-order valence-corrected chi connectivity index (χ3v) is 7.33. The monoisotopic (exact) mass is 388 g/mol. The Morgan fingerprint density at radius 1 is 1.16 bits per heavy atom. The van der Waals surface area contributed by atoms with E-state index in [4.69, 9.17) is 11.6 Å². The molecular weight excluding hydrogens is 360 g/mol. The molecule has 0 spiro atoms. The van der Waals surface area contributed by atoms with Crippen molar-refractivity contribution in [3.63, 3.8) is 0 Å². The Kier molecular flexibility index (Phi) is 6.08. The van der Waals surface area contributed by atoms with Gasteiger partial charge in [0, 0.05) is 38.1 Å². The number of sulfone groups is 1. The van der Waals surface area contributed by atoms with Gasteiger partial charge in [0.25, 0.3) is 0 Å². The number of aromatic amines is 1. The summed E-state index contributed by atoms with van der Waals surface area (Å²) in [4.78, 5) is 12.4. The Balaban J connectivity index is 1.73. The lowest BCUT2D eigenvalue weighted by molar-refractivity contribution is 0.0399. The van der Waals surface area contributed by atoms with Gasteiger partial charge in [0.05, 0.1) is 17.2 Å². The van der Waals surface area contributed by atoms with Gasteiger partial charge >= 0.3 is 0 Å². The molecule has 2 aliphatic rings. The van der Waals surface area contributed by atoms with Crippen LogP contribution in [0.2, 0.25) is 5.15 Å². The summed E-state index contributed by atoms with van der Waals surface area (Å²) in [5.41, 5.74) is 0.916. The minimum atomic E-state index is -2.96. The van der Waals surface area contributed by atoms with Crippen molar-refractivity contribution in [2.24, 2.45) is 0 Å². The molecule has 8 heteroatoms. The number of halogens is 1. The standard InChI is InChI=1S/C17H29ClN4O2S/c1-3-5-6-16-19-13(17(18)20-16)10-22-9-8-21(7-4-2)14-11-25(23,24)12-15(14)22/h14-15H,3-12H2,1-2H3,(H,19,20)/t14-,15+/m1/s1. The van der Waals surface area contributed by atoms with Gasteiger partial charge in [-0.1, -0.05) is 31.9 Å². The van der Waals surface area contributed by atoms with Gasteiger partial charge in [0.1, 0.15) is 5.82 Å². The number of aromatic nitrogens is 2. The molecule has 1 N–H and O–H groups in total. The fraction of sp³-hybridized carbons (Fsp3) is 0.824. The lowest BCUT2D eigenvalue weighted by Gasteiger charge is -2.43. The number of hydrogen-bond donors (Lipinski definition) is 1. The van der Waals surface area contributed by atoms with E-state index in [1.54, 1.807) is 0 Å². The molecule has 2 aliphatic heterocycles. The van der Waals surface area contributed by atoms with Crippen LogP contribution >= 0.6 is 11.6 Å². The first-order valence-corrected chi connectivity index (χ1v) is 11.5. The van der Waals surface area contributed by atoms with E-state index in [0.717, 1.165) is 56.8 Å². The number of piperazine rings is 1. The van der Waals surface area contributed by atoms with Gasteiger partial charge in [-0.25, -0.2) is 13.4 Å². The van der Waals surface area contributed by atoms with Gasteiger partial charge in [0.15, 0.2) is 15.0 Å².